The first-order valence-corrected chi connectivity index (χ1v) is 8.30. The number of rotatable bonds is 4. The molecule has 0 amide bonds. The van der Waals surface area contributed by atoms with Gasteiger partial charge in [0.25, 0.3) is 5.56 Å². The van der Waals surface area contributed by atoms with Crippen molar-refractivity contribution < 1.29 is 4.39 Å². The molecule has 4 nitrogen and oxygen atoms in total. The van der Waals surface area contributed by atoms with E-state index in [9.17, 15) is 9.18 Å². The van der Waals surface area contributed by atoms with Gasteiger partial charge in [0, 0.05) is 11.4 Å². The highest BCUT2D eigenvalue weighted by Crippen LogP contribution is 2.32. The van der Waals surface area contributed by atoms with Crippen LogP contribution in [0, 0.1) is 11.2 Å². The van der Waals surface area contributed by atoms with Crippen molar-refractivity contribution in [2.45, 2.75) is 33.5 Å². The lowest BCUT2D eigenvalue weighted by Crippen LogP contribution is -2.37. The lowest BCUT2D eigenvalue weighted by molar-refractivity contribution is 0.250. The summed E-state index contributed by atoms with van der Waals surface area (Å²) in [6, 6.07) is 13.8. The molecule has 1 heterocycles. The molecular weight excluding hydrogens is 317 g/mol. The van der Waals surface area contributed by atoms with Crippen molar-refractivity contribution >= 4 is 10.8 Å². The van der Waals surface area contributed by atoms with Crippen molar-refractivity contribution in [1.82, 2.24) is 15.1 Å². The van der Waals surface area contributed by atoms with Crippen LogP contribution in [0.4, 0.5) is 4.39 Å². The van der Waals surface area contributed by atoms with Gasteiger partial charge in [-0.2, -0.15) is 5.10 Å². The topological polar surface area (TPSA) is 46.9 Å². The maximum absolute atomic E-state index is 13.2. The van der Waals surface area contributed by atoms with Gasteiger partial charge in [-0.3, -0.25) is 10.1 Å². The van der Waals surface area contributed by atoms with Crippen LogP contribution in [0.25, 0.3) is 10.8 Å². The lowest BCUT2D eigenvalue weighted by Gasteiger charge is -2.32. The number of benzene rings is 2. The summed E-state index contributed by atoms with van der Waals surface area (Å²) in [6.45, 7) is 6.59. The molecule has 1 aromatic heterocycles. The van der Waals surface area contributed by atoms with Crippen LogP contribution in [-0.2, 0) is 6.67 Å². The van der Waals surface area contributed by atoms with Crippen LogP contribution < -0.4 is 10.9 Å². The number of halogens is 1. The van der Waals surface area contributed by atoms with Crippen molar-refractivity contribution in [2.75, 3.05) is 0 Å². The molecule has 0 radical (unpaired) electrons. The molecule has 130 valence electrons. The Morgan fingerprint density at radius 1 is 1.12 bits per heavy atom. The van der Waals surface area contributed by atoms with Crippen LogP contribution in [0.2, 0.25) is 0 Å². The zero-order valence-electron chi connectivity index (χ0n) is 14.7. The molecule has 0 saturated heterocycles. The third kappa shape index (κ3) is 3.77. The second-order valence-corrected chi connectivity index (χ2v) is 7.25. The highest BCUT2D eigenvalue weighted by molar-refractivity contribution is 5.80. The van der Waals surface area contributed by atoms with E-state index in [1.165, 1.54) is 16.8 Å². The van der Waals surface area contributed by atoms with E-state index in [4.69, 9.17) is 0 Å². The summed E-state index contributed by atoms with van der Waals surface area (Å²) < 4.78 is 14.6. The SMILES string of the molecule is CC(C)(C)[C@H](NCn1ncc2ccccc2c1=O)c1ccc(F)cc1. The van der Waals surface area contributed by atoms with Gasteiger partial charge in [0.15, 0.2) is 0 Å². The molecule has 0 aliphatic heterocycles. The molecule has 3 aromatic rings. The second-order valence-electron chi connectivity index (χ2n) is 7.25. The van der Waals surface area contributed by atoms with Gasteiger partial charge in [0.2, 0.25) is 0 Å². The van der Waals surface area contributed by atoms with E-state index in [0.29, 0.717) is 5.39 Å². The summed E-state index contributed by atoms with van der Waals surface area (Å²) >= 11 is 0. The minimum atomic E-state index is -0.260. The Hall–Kier alpha value is -2.53. The average molecular weight is 339 g/mol. The van der Waals surface area contributed by atoms with Crippen molar-refractivity contribution in [2.24, 2.45) is 5.41 Å². The van der Waals surface area contributed by atoms with Gasteiger partial charge >= 0.3 is 0 Å². The zero-order valence-corrected chi connectivity index (χ0v) is 14.7. The molecular formula is C20H22FN3O. The Labute approximate surface area is 146 Å². The largest absolute Gasteiger partial charge is 0.291 e. The van der Waals surface area contributed by atoms with Crippen LogP contribution in [0.5, 0.6) is 0 Å². The molecule has 3 rings (SSSR count). The van der Waals surface area contributed by atoms with Gasteiger partial charge in [0.05, 0.1) is 18.3 Å². The number of aromatic nitrogens is 2. The smallest absolute Gasteiger partial charge is 0.275 e. The van der Waals surface area contributed by atoms with Gasteiger partial charge in [0.1, 0.15) is 5.82 Å². The monoisotopic (exact) mass is 339 g/mol. The quantitative estimate of drug-likeness (QED) is 0.785. The van der Waals surface area contributed by atoms with Crippen LogP contribution in [0.3, 0.4) is 0 Å². The number of hydrogen-bond donors (Lipinski definition) is 1. The Bertz CT molecular complexity index is 926. The minimum Gasteiger partial charge on any atom is -0.291 e. The van der Waals surface area contributed by atoms with Crippen LogP contribution >= 0.6 is 0 Å². The Kier molecular flexibility index (Phi) is 4.68. The lowest BCUT2D eigenvalue weighted by atomic mass is 9.82. The number of nitrogens with one attached hydrogen (secondary N) is 1. The maximum Gasteiger partial charge on any atom is 0.275 e. The predicted octanol–water partition coefficient (Wildman–Crippen LogP) is 3.87. The van der Waals surface area contributed by atoms with E-state index in [-0.39, 0.29) is 29.5 Å². The molecule has 0 fully saturated rings. The van der Waals surface area contributed by atoms with Gasteiger partial charge in [-0.05, 0) is 29.2 Å². The van der Waals surface area contributed by atoms with Crippen molar-refractivity contribution in [3.63, 3.8) is 0 Å². The first kappa shape index (κ1) is 17.3. The summed E-state index contributed by atoms with van der Waals surface area (Å²) in [5.41, 5.74) is 0.735. The fourth-order valence-corrected chi connectivity index (χ4v) is 3.00. The average Bonchev–Trinajstić information content (AvgIpc) is 2.57. The van der Waals surface area contributed by atoms with Crippen molar-refractivity contribution in [1.29, 1.82) is 0 Å². The molecule has 1 N–H and O–H groups in total. The van der Waals surface area contributed by atoms with Crippen LogP contribution in [-0.4, -0.2) is 9.78 Å². The zero-order chi connectivity index (χ0) is 18.0. The fourth-order valence-electron chi connectivity index (χ4n) is 3.00. The number of hydrogen-bond acceptors (Lipinski definition) is 3. The second kappa shape index (κ2) is 6.76. The van der Waals surface area contributed by atoms with Crippen LogP contribution in [0.15, 0.2) is 59.5 Å². The molecule has 0 spiro atoms. The van der Waals surface area contributed by atoms with E-state index in [1.54, 1.807) is 24.4 Å². The van der Waals surface area contributed by atoms with Gasteiger partial charge < -0.3 is 0 Å². The predicted molar refractivity (Wildman–Crippen MR) is 97.7 cm³/mol. The van der Waals surface area contributed by atoms with Gasteiger partial charge in [-0.15, -0.1) is 0 Å². The Morgan fingerprint density at radius 3 is 2.48 bits per heavy atom. The van der Waals surface area contributed by atoms with E-state index in [1.807, 2.05) is 18.2 Å². The van der Waals surface area contributed by atoms with Crippen LogP contribution in [0.1, 0.15) is 32.4 Å². The summed E-state index contributed by atoms with van der Waals surface area (Å²) in [5.74, 6) is -0.260. The summed E-state index contributed by atoms with van der Waals surface area (Å²) in [4.78, 5) is 12.6. The Morgan fingerprint density at radius 2 is 1.80 bits per heavy atom. The molecule has 0 saturated carbocycles. The van der Waals surface area contributed by atoms with E-state index in [0.717, 1.165) is 10.9 Å². The number of nitrogens with zero attached hydrogens (tertiary/aromatic N) is 2. The summed E-state index contributed by atoms with van der Waals surface area (Å²) in [5, 5.41) is 9.12. The highest BCUT2D eigenvalue weighted by Gasteiger charge is 2.26. The minimum absolute atomic E-state index is 0.0479. The molecule has 2 aromatic carbocycles. The maximum atomic E-state index is 13.2. The molecule has 0 unspecified atom stereocenters. The normalized spacial score (nSPS) is 13.1. The fraction of sp³-hybridized carbons (Fsp3) is 0.300. The van der Waals surface area contributed by atoms with E-state index >= 15 is 0 Å². The molecule has 5 heteroatoms. The first-order chi connectivity index (χ1) is 11.9. The molecule has 0 aliphatic carbocycles. The molecule has 1 atom stereocenters. The first-order valence-electron chi connectivity index (χ1n) is 8.30. The van der Waals surface area contributed by atoms with Gasteiger partial charge in [-0.1, -0.05) is 51.1 Å². The summed E-state index contributed by atoms with van der Waals surface area (Å²) in [7, 11) is 0. The van der Waals surface area contributed by atoms with E-state index in [2.05, 4.69) is 31.2 Å². The standard InChI is InChI=1S/C20H22FN3O/c1-20(2,3)18(14-8-10-16(21)11-9-14)22-13-24-19(25)17-7-5-4-6-15(17)12-23-24/h4-12,18,22H,13H2,1-3H3/t18-/m1/s1. The molecule has 25 heavy (non-hydrogen) atoms. The molecule has 0 aliphatic rings. The van der Waals surface area contributed by atoms with Crippen molar-refractivity contribution in [3.8, 4) is 0 Å². The number of fused-ring (bicyclic) bond motifs is 1. The molecule has 0 bridgehead atoms. The summed E-state index contributed by atoms with van der Waals surface area (Å²) in [6.07, 6.45) is 1.70. The van der Waals surface area contributed by atoms with Gasteiger partial charge in [-0.25, -0.2) is 9.07 Å². The highest BCUT2D eigenvalue weighted by atomic mass is 19.1. The third-order valence-corrected chi connectivity index (χ3v) is 4.28. The third-order valence-electron chi connectivity index (χ3n) is 4.28. The van der Waals surface area contributed by atoms with Crippen molar-refractivity contribution in [3.05, 3.63) is 76.5 Å². The van der Waals surface area contributed by atoms with E-state index < -0.39 is 0 Å². The Balaban J connectivity index is 1.88.